The molecule has 3 N–H and O–H groups in total. The molecule has 1 aromatic heterocycles. The van der Waals surface area contributed by atoms with E-state index >= 15 is 0 Å². The summed E-state index contributed by atoms with van der Waals surface area (Å²) in [5.41, 5.74) is 7.18. The molecule has 0 saturated heterocycles. The van der Waals surface area contributed by atoms with Crippen LogP contribution in [0.3, 0.4) is 0 Å². The maximum Gasteiger partial charge on any atom is 0.239 e. The van der Waals surface area contributed by atoms with Crippen molar-refractivity contribution in [1.82, 2.24) is 14.8 Å². The Hall–Kier alpha value is -3.26. The molecule has 1 aromatic carbocycles. The van der Waals surface area contributed by atoms with Gasteiger partial charge >= 0.3 is 0 Å². The molecule has 0 fully saturated rings. The summed E-state index contributed by atoms with van der Waals surface area (Å²) in [4.78, 5) is 43.4. The molecule has 3 amide bonds. The van der Waals surface area contributed by atoms with Gasteiger partial charge in [0.1, 0.15) is 5.82 Å². The number of likely N-dealkylation sites (N-methyl/N-ethyl adjacent to an activating group) is 1. The monoisotopic (exact) mass is 397 g/mol. The fourth-order valence-corrected chi connectivity index (χ4v) is 2.76. The summed E-state index contributed by atoms with van der Waals surface area (Å²) >= 11 is 0. The maximum atomic E-state index is 12.7. The molecule has 0 aliphatic heterocycles. The highest BCUT2D eigenvalue weighted by Crippen LogP contribution is 2.07. The van der Waals surface area contributed by atoms with E-state index in [1.807, 2.05) is 43.3 Å². The number of carbonyl (C=O) groups excluding carboxylic acids is 3. The molecule has 0 spiro atoms. The summed E-state index contributed by atoms with van der Waals surface area (Å²) < 4.78 is 0. The predicted molar refractivity (Wildman–Crippen MR) is 111 cm³/mol. The Morgan fingerprint density at radius 1 is 1.10 bits per heavy atom. The van der Waals surface area contributed by atoms with E-state index in [-0.39, 0.29) is 37.9 Å². The Labute approximate surface area is 170 Å². The minimum absolute atomic E-state index is 0.0381. The molecule has 0 bridgehead atoms. The van der Waals surface area contributed by atoms with E-state index in [2.05, 4.69) is 10.3 Å². The smallest absolute Gasteiger partial charge is 0.239 e. The SMILES string of the molecule is Cc1ccnc(NC(=O)CN(C)CC(=O)N(CCC(N)=O)Cc2ccccc2)c1. The van der Waals surface area contributed by atoms with Gasteiger partial charge in [0.25, 0.3) is 0 Å². The van der Waals surface area contributed by atoms with Crippen LogP contribution in [0, 0.1) is 6.92 Å². The van der Waals surface area contributed by atoms with Crippen molar-refractivity contribution in [2.24, 2.45) is 5.73 Å². The Balaban J connectivity index is 1.92. The average Bonchev–Trinajstić information content (AvgIpc) is 2.65. The number of carbonyl (C=O) groups is 3. The van der Waals surface area contributed by atoms with Gasteiger partial charge in [-0.05, 0) is 37.2 Å². The fraction of sp³-hybridized carbons (Fsp3) is 0.333. The highest BCUT2D eigenvalue weighted by atomic mass is 16.2. The second-order valence-electron chi connectivity index (χ2n) is 6.96. The molecule has 0 aliphatic rings. The molecule has 2 aromatic rings. The topological polar surface area (TPSA) is 109 Å². The number of amides is 3. The molecule has 8 heteroatoms. The van der Waals surface area contributed by atoms with Crippen LogP contribution in [-0.4, -0.2) is 59.2 Å². The summed E-state index contributed by atoms with van der Waals surface area (Å²) in [7, 11) is 1.69. The second kappa shape index (κ2) is 10.9. The average molecular weight is 397 g/mol. The molecular formula is C21H27N5O3. The van der Waals surface area contributed by atoms with Gasteiger partial charge in [0, 0.05) is 25.7 Å². The van der Waals surface area contributed by atoms with Crippen LogP contribution < -0.4 is 11.1 Å². The minimum atomic E-state index is -0.464. The van der Waals surface area contributed by atoms with Crippen molar-refractivity contribution in [3.8, 4) is 0 Å². The van der Waals surface area contributed by atoms with Crippen molar-refractivity contribution < 1.29 is 14.4 Å². The largest absolute Gasteiger partial charge is 0.370 e. The zero-order chi connectivity index (χ0) is 21.2. The first kappa shape index (κ1) is 22.0. The number of benzene rings is 1. The minimum Gasteiger partial charge on any atom is -0.370 e. The molecular weight excluding hydrogens is 370 g/mol. The van der Waals surface area contributed by atoms with Crippen molar-refractivity contribution in [1.29, 1.82) is 0 Å². The number of primary amides is 1. The van der Waals surface area contributed by atoms with Crippen molar-refractivity contribution in [3.63, 3.8) is 0 Å². The van der Waals surface area contributed by atoms with E-state index in [0.717, 1.165) is 11.1 Å². The normalized spacial score (nSPS) is 10.6. The predicted octanol–water partition coefficient (Wildman–Crippen LogP) is 1.16. The molecule has 0 atom stereocenters. The van der Waals surface area contributed by atoms with E-state index < -0.39 is 5.91 Å². The Morgan fingerprint density at radius 2 is 1.83 bits per heavy atom. The van der Waals surface area contributed by atoms with Gasteiger partial charge < -0.3 is 16.0 Å². The van der Waals surface area contributed by atoms with Crippen molar-refractivity contribution >= 4 is 23.5 Å². The molecule has 8 nitrogen and oxygen atoms in total. The number of hydrogen-bond donors (Lipinski definition) is 2. The van der Waals surface area contributed by atoms with E-state index in [1.165, 1.54) is 0 Å². The van der Waals surface area contributed by atoms with Crippen LogP contribution in [0.2, 0.25) is 0 Å². The van der Waals surface area contributed by atoms with Gasteiger partial charge in [0.15, 0.2) is 0 Å². The number of nitrogens with one attached hydrogen (secondary N) is 1. The van der Waals surface area contributed by atoms with Gasteiger partial charge in [-0.25, -0.2) is 4.98 Å². The first-order chi connectivity index (χ1) is 13.8. The first-order valence-corrected chi connectivity index (χ1v) is 9.34. The van der Waals surface area contributed by atoms with Crippen LogP contribution in [0.4, 0.5) is 5.82 Å². The molecule has 2 rings (SSSR count). The summed E-state index contributed by atoms with van der Waals surface area (Å²) in [6.45, 7) is 2.60. The van der Waals surface area contributed by atoms with E-state index in [0.29, 0.717) is 12.4 Å². The molecule has 0 saturated carbocycles. The van der Waals surface area contributed by atoms with Gasteiger partial charge in [-0.2, -0.15) is 0 Å². The standard InChI is InChI=1S/C21H27N5O3/c1-16-8-10-23-19(12-16)24-20(28)14-25(2)15-21(29)26(11-9-18(22)27)13-17-6-4-3-5-7-17/h3-8,10,12H,9,11,13-15H2,1-2H3,(H2,22,27)(H,23,24,28). The van der Waals surface area contributed by atoms with Crippen molar-refractivity contribution in [2.45, 2.75) is 19.9 Å². The van der Waals surface area contributed by atoms with Gasteiger partial charge in [-0.3, -0.25) is 19.3 Å². The number of rotatable bonds is 10. The first-order valence-electron chi connectivity index (χ1n) is 9.34. The molecule has 1 heterocycles. The van der Waals surface area contributed by atoms with Gasteiger partial charge in [-0.1, -0.05) is 30.3 Å². The lowest BCUT2D eigenvalue weighted by Crippen LogP contribution is -2.42. The number of nitrogens with zero attached hydrogens (tertiary/aromatic N) is 3. The van der Waals surface area contributed by atoms with Crippen LogP contribution in [-0.2, 0) is 20.9 Å². The van der Waals surface area contributed by atoms with Crippen LogP contribution in [0.1, 0.15) is 17.5 Å². The Morgan fingerprint density at radius 3 is 2.48 bits per heavy atom. The quantitative estimate of drug-likeness (QED) is 0.625. The van der Waals surface area contributed by atoms with E-state index in [9.17, 15) is 14.4 Å². The summed E-state index contributed by atoms with van der Waals surface area (Å²) in [6, 6.07) is 13.1. The number of pyridine rings is 1. The van der Waals surface area contributed by atoms with Gasteiger partial charge in [-0.15, -0.1) is 0 Å². The zero-order valence-corrected chi connectivity index (χ0v) is 16.8. The van der Waals surface area contributed by atoms with Crippen LogP contribution in [0.25, 0.3) is 0 Å². The van der Waals surface area contributed by atoms with Crippen LogP contribution in [0.15, 0.2) is 48.7 Å². The summed E-state index contributed by atoms with van der Waals surface area (Å²) in [5.74, 6) is -0.430. The molecule has 154 valence electrons. The fourth-order valence-electron chi connectivity index (χ4n) is 2.76. The number of anilines is 1. The summed E-state index contributed by atoms with van der Waals surface area (Å²) in [5, 5.41) is 2.72. The number of aromatic nitrogens is 1. The Bertz CT molecular complexity index is 841. The van der Waals surface area contributed by atoms with Gasteiger partial charge in [0.05, 0.1) is 13.1 Å². The van der Waals surface area contributed by atoms with Crippen molar-refractivity contribution in [2.75, 3.05) is 32.0 Å². The van der Waals surface area contributed by atoms with Crippen molar-refractivity contribution in [3.05, 3.63) is 59.8 Å². The third kappa shape index (κ3) is 8.10. The zero-order valence-electron chi connectivity index (χ0n) is 16.8. The molecule has 0 radical (unpaired) electrons. The highest BCUT2D eigenvalue weighted by Gasteiger charge is 2.18. The summed E-state index contributed by atoms with van der Waals surface area (Å²) in [6.07, 6.45) is 1.71. The molecule has 29 heavy (non-hydrogen) atoms. The van der Waals surface area contributed by atoms with Crippen LogP contribution in [0.5, 0.6) is 0 Å². The third-order valence-electron chi connectivity index (χ3n) is 4.20. The lowest BCUT2D eigenvalue weighted by Gasteiger charge is -2.25. The lowest BCUT2D eigenvalue weighted by atomic mass is 10.2. The number of aryl methyl sites for hydroxylation is 1. The maximum absolute atomic E-state index is 12.7. The molecule has 0 aliphatic carbocycles. The van der Waals surface area contributed by atoms with Gasteiger partial charge in [0.2, 0.25) is 17.7 Å². The lowest BCUT2D eigenvalue weighted by molar-refractivity contribution is -0.133. The number of nitrogens with two attached hydrogens (primary N) is 1. The number of hydrogen-bond acceptors (Lipinski definition) is 5. The highest BCUT2D eigenvalue weighted by molar-refractivity contribution is 5.91. The molecule has 0 unspecified atom stereocenters. The van der Waals surface area contributed by atoms with E-state index in [4.69, 9.17) is 5.73 Å². The second-order valence-corrected chi connectivity index (χ2v) is 6.96. The van der Waals surface area contributed by atoms with E-state index in [1.54, 1.807) is 29.1 Å². The van der Waals surface area contributed by atoms with Crippen LogP contribution >= 0.6 is 0 Å². The Kier molecular flexibility index (Phi) is 8.29. The third-order valence-corrected chi connectivity index (χ3v) is 4.20.